The summed E-state index contributed by atoms with van der Waals surface area (Å²) in [4.78, 5) is 49.1. The van der Waals surface area contributed by atoms with E-state index < -0.39 is 35.2 Å². The molecule has 2 atom stereocenters. The number of amides is 2. The Bertz CT molecular complexity index is 938. The second-order valence-corrected chi connectivity index (χ2v) is 8.95. The number of fused-ring (bicyclic) bond motifs is 1. The summed E-state index contributed by atoms with van der Waals surface area (Å²) < 4.78 is 4.92. The first-order valence-corrected chi connectivity index (χ1v) is 10.9. The number of benzene rings is 1. The molecule has 0 saturated carbocycles. The molecule has 1 saturated heterocycles. The number of thioether (sulfide) groups is 2. The maximum absolute atomic E-state index is 12.5. The van der Waals surface area contributed by atoms with E-state index in [1.54, 1.807) is 18.2 Å². The van der Waals surface area contributed by atoms with Crippen molar-refractivity contribution in [2.45, 2.75) is 23.2 Å². The summed E-state index contributed by atoms with van der Waals surface area (Å²) in [5.74, 6) is -3.03. The van der Waals surface area contributed by atoms with Crippen molar-refractivity contribution in [2.24, 2.45) is 0 Å². The topological polar surface area (TPSA) is 113 Å². The molecule has 2 amide bonds. The number of β-lactam (4-membered cyclic amide) rings is 1. The van der Waals surface area contributed by atoms with Crippen molar-refractivity contribution < 1.29 is 29.0 Å². The van der Waals surface area contributed by atoms with Crippen LogP contribution in [0, 0.1) is 0 Å². The lowest BCUT2D eigenvalue weighted by atomic mass is 10.0. The van der Waals surface area contributed by atoms with Crippen LogP contribution in [0.5, 0.6) is 0 Å². The van der Waals surface area contributed by atoms with Gasteiger partial charge in [0.25, 0.3) is 5.91 Å². The molecule has 1 unspecified atom stereocenters. The van der Waals surface area contributed by atoms with Gasteiger partial charge < -0.3 is 15.2 Å². The molecule has 2 aliphatic rings. The van der Waals surface area contributed by atoms with Crippen LogP contribution < -0.4 is 5.32 Å². The van der Waals surface area contributed by atoms with E-state index >= 15 is 0 Å². The number of carboxylic acids is 1. The van der Waals surface area contributed by atoms with Crippen LogP contribution in [0.2, 0.25) is 10.0 Å². The van der Waals surface area contributed by atoms with Crippen LogP contribution in [0.1, 0.15) is 6.92 Å². The normalized spacial score (nSPS) is 20.7. The van der Waals surface area contributed by atoms with Gasteiger partial charge in [0.1, 0.15) is 17.2 Å². The first kappa shape index (κ1) is 21.8. The van der Waals surface area contributed by atoms with Gasteiger partial charge in [-0.15, -0.1) is 23.5 Å². The highest BCUT2D eigenvalue weighted by Gasteiger charge is 2.54. The second-order valence-electron chi connectivity index (χ2n) is 5.99. The number of nitrogens with zero attached hydrogens (tertiary/aromatic N) is 1. The molecule has 0 aliphatic carbocycles. The molecular formula is C17H14Cl2N2O6S2. The average Bonchev–Trinajstić information content (AvgIpc) is 2.65. The van der Waals surface area contributed by atoms with Gasteiger partial charge in [0.05, 0.1) is 16.5 Å². The molecule has 0 aromatic heterocycles. The third kappa shape index (κ3) is 4.66. The molecule has 1 aromatic carbocycles. The van der Waals surface area contributed by atoms with Crippen LogP contribution in [-0.2, 0) is 23.9 Å². The summed E-state index contributed by atoms with van der Waals surface area (Å²) in [6.07, 6.45) is 0. The molecular weight excluding hydrogens is 463 g/mol. The molecule has 8 nitrogen and oxygen atoms in total. The van der Waals surface area contributed by atoms with E-state index in [1.807, 2.05) is 0 Å². The maximum Gasteiger partial charge on any atom is 0.356 e. The minimum Gasteiger partial charge on any atom is -0.476 e. The van der Waals surface area contributed by atoms with E-state index in [0.717, 1.165) is 11.8 Å². The lowest BCUT2D eigenvalue weighted by Gasteiger charge is -2.48. The number of esters is 1. The van der Waals surface area contributed by atoms with Gasteiger partial charge in [0.15, 0.2) is 5.70 Å². The maximum atomic E-state index is 12.5. The Morgan fingerprint density at radius 1 is 1.38 bits per heavy atom. The quantitative estimate of drug-likeness (QED) is 0.365. The van der Waals surface area contributed by atoms with Gasteiger partial charge in [-0.25, -0.2) is 4.79 Å². The Kier molecular flexibility index (Phi) is 6.67. The number of carboxylic acid groups (broad SMARTS) is 1. The van der Waals surface area contributed by atoms with Gasteiger partial charge in [-0.05, 0) is 18.2 Å². The summed E-state index contributed by atoms with van der Waals surface area (Å²) >= 11 is 14.4. The zero-order chi connectivity index (χ0) is 21.3. The van der Waals surface area contributed by atoms with Crippen LogP contribution in [0.15, 0.2) is 34.6 Å². The Morgan fingerprint density at radius 3 is 2.76 bits per heavy atom. The molecule has 0 spiro atoms. The zero-order valence-corrected chi connectivity index (χ0v) is 18.0. The van der Waals surface area contributed by atoms with Crippen LogP contribution in [0.3, 0.4) is 0 Å². The van der Waals surface area contributed by atoms with Gasteiger partial charge in [0.2, 0.25) is 5.91 Å². The number of hydrogen-bond acceptors (Lipinski definition) is 7. The number of ether oxygens (including phenoxy) is 1. The number of rotatable bonds is 6. The molecule has 1 aromatic rings. The fourth-order valence-corrected chi connectivity index (χ4v) is 5.35. The molecule has 2 aliphatic heterocycles. The lowest BCUT2D eigenvalue weighted by molar-refractivity contribution is -0.151. The van der Waals surface area contributed by atoms with E-state index in [0.29, 0.717) is 14.9 Å². The Labute approximate surface area is 183 Å². The van der Waals surface area contributed by atoms with Crippen molar-refractivity contribution in [2.75, 3.05) is 11.5 Å². The summed E-state index contributed by atoms with van der Waals surface area (Å²) in [6.45, 7) is 1.15. The number of hydrogen-bond donors (Lipinski definition) is 2. The second kappa shape index (κ2) is 8.86. The van der Waals surface area contributed by atoms with Crippen molar-refractivity contribution in [3.05, 3.63) is 39.7 Å². The van der Waals surface area contributed by atoms with Crippen molar-refractivity contribution in [3.8, 4) is 0 Å². The molecule has 3 rings (SSSR count). The lowest BCUT2D eigenvalue weighted by Crippen LogP contribution is -2.70. The van der Waals surface area contributed by atoms with E-state index in [4.69, 9.17) is 27.9 Å². The van der Waals surface area contributed by atoms with Gasteiger partial charge in [-0.1, -0.05) is 23.2 Å². The van der Waals surface area contributed by atoms with Crippen LogP contribution in [-0.4, -0.2) is 56.7 Å². The summed E-state index contributed by atoms with van der Waals surface area (Å²) in [5, 5.41) is 12.4. The van der Waals surface area contributed by atoms with Gasteiger partial charge >= 0.3 is 11.9 Å². The van der Waals surface area contributed by atoms with Crippen molar-refractivity contribution in [1.29, 1.82) is 0 Å². The van der Waals surface area contributed by atoms with Crippen LogP contribution >= 0.6 is 46.7 Å². The third-order valence-electron chi connectivity index (χ3n) is 3.97. The van der Waals surface area contributed by atoms with Crippen molar-refractivity contribution >= 4 is 70.5 Å². The number of carbonyl (C=O) groups excluding carboxylic acids is 3. The summed E-state index contributed by atoms with van der Waals surface area (Å²) in [6, 6.07) is 4.02. The van der Waals surface area contributed by atoms with Gasteiger partial charge in [-0.2, -0.15) is 0 Å². The van der Waals surface area contributed by atoms with E-state index in [1.165, 1.54) is 23.5 Å². The number of nitrogens with one attached hydrogen (secondary N) is 1. The molecule has 0 bridgehead atoms. The molecule has 2 heterocycles. The van der Waals surface area contributed by atoms with Crippen molar-refractivity contribution in [1.82, 2.24) is 10.2 Å². The summed E-state index contributed by atoms with van der Waals surface area (Å²) in [5.41, 5.74) is -0.375. The first-order valence-electron chi connectivity index (χ1n) is 8.15. The fourth-order valence-electron chi connectivity index (χ4n) is 2.79. The molecule has 154 valence electrons. The first-order chi connectivity index (χ1) is 13.7. The minimum absolute atomic E-state index is 0.00154. The number of carbonyl (C=O) groups is 4. The minimum atomic E-state index is -1.38. The molecule has 12 heteroatoms. The van der Waals surface area contributed by atoms with Gasteiger partial charge in [-0.3, -0.25) is 19.3 Å². The molecule has 0 radical (unpaired) electrons. The number of aliphatic carboxylic acids is 1. The Morgan fingerprint density at radius 2 is 2.10 bits per heavy atom. The highest BCUT2D eigenvalue weighted by atomic mass is 35.5. The smallest absolute Gasteiger partial charge is 0.356 e. The molecule has 2 N–H and O–H groups in total. The largest absolute Gasteiger partial charge is 0.476 e. The Balaban J connectivity index is 1.64. The standard InChI is InChI=1S/C17H14Cl2N2O6S2/c1-7(22)27-10-5-29-16-13(15(24)21(16)14(10)17(25)26)20-12(23)6-28-11-4-8(18)2-3-9(11)19/h2-4,13,16H,5-6H2,1H3,(H,20,23)(H,25,26)/t13?,16-/m0/s1. The van der Waals surface area contributed by atoms with Gasteiger partial charge in [0, 0.05) is 16.8 Å². The highest BCUT2D eigenvalue weighted by Crippen LogP contribution is 2.40. The van der Waals surface area contributed by atoms with Crippen LogP contribution in [0.25, 0.3) is 0 Å². The van der Waals surface area contributed by atoms with E-state index in [-0.39, 0.29) is 23.0 Å². The van der Waals surface area contributed by atoms with Crippen molar-refractivity contribution in [3.63, 3.8) is 0 Å². The number of halogens is 2. The molecule has 1 fully saturated rings. The highest BCUT2D eigenvalue weighted by molar-refractivity contribution is 8.00. The van der Waals surface area contributed by atoms with E-state index in [9.17, 15) is 24.3 Å². The van der Waals surface area contributed by atoms with Crippen LogP contribution in [0.4, 0.5) is 0 Å². The fraction of sp³-hybridized carbons (Fsp3) is 0.294. The molecule has 29 heavy (non-hydrogen) atoms. The predicted molar refractivity (Wildman–Crippen MR) is 109 cm³/mol. The monoisotopic (exact) mass is 476 g/mol. The Hall–Kier alpha value is -1.88. The zero-order valence-electron chi connectivity index (χ0n) is 14.8. The predicted octanol–water partition coefficient (Wildman–Crippen LogP) is 2.34. The average molecular weight is 477 g/mol. The SMILES string of the molecule is CC(=O)OC1=C(C(=O)O)N2C(=O)C(NC(=O)CSc3cc(Cl)ccc3Cl)[C@@H]2SC1. The third-order valence-corrected chi connectivity index (χ3v) is 6.96. The summed E-state index contributed by atoms with van der Waals surface area (Å²) in [7, 11) is 0. The van der Waals surface area contributed by atoms with E-state index in [2.05, 4.69) is 5.32 Å².